The van der Waals surface area contributed by atoms with Crippen molar-refractivity contribution in [1.82, 2.24) is 9.80 Å². The lowest BCUT2D eigenvalue weighted by Gasteiger charge is -2.41. The Bertz CT molecular complexity index is 586. The highest BCUT2D eigenvalue weighted by molar-refractivity contribution is 5.79. The number of carbonyl (C=O) groups excluding carboxylic acids is 1. The van der Waals surface area contributed by atoms with E-state index in [2.05, 4.69) is 4.90 Å². The molecule has 0 aromatic heterocycles. The molecular weight excluding hydrogens is 307 g/mol. The summed E-state index contributed by atoms with van der Waals surface area (Å²) in [5.41, 5.74) is 1.09. The van der Waals surface area contributed by atoms with Crippen LogP contribution in [0.4, 0.5) is 4.39 Å². The predicted molar refractivity (Wildman–Crippen MR) is 88.9 cm³/mol. The summed E-state index contributed by atoms with van der Waals surface area (Å²) in [4.78, 5) is 17.2. The van der Waals surface area contributed by atoms with Crippen LogP contribution in [0.5, 0.6) is 0 Å². The number of halogens is 1. The summed E-state index contributed by atoms with van der Waals surface area (Å²) in [6.07, 6.45) is 4.28. The molecule has 3 aliphatic heterocycles. The third kappa shape index (κ3) is 3.20. The summed E-state index contributed by atoms with van der Waals surface area (Å²) in [5, 5.41) is 0. The lowest BCUT2D eigenvalue weighted by atomic mass is 9.88. The van der Waals surface area contributed by atoms with Gasteiger partial charge in [-0.05, 0) is 43.4 Å². The Hall–Kier alpha value is -1.46. The van der Waals surface area contributed by atoms with Crippen LogP contribution in [0.25, 0.3) is 0 Å². The maximum absolute atomic E-state index is 13.1. The normalized spacial score (nSPS) is 30.5. The Morgan fingerprint density at radius 2 is 1.96 bits per heavy atom. The van der Waals surface area contributed by atoms with Gasteiger partial charge in [-0.1, -0.05) is 12.1 Å². The van der Waals surface area contributed by atoms with Gasteiger partial charge in [-0.25, -0.2) is 4.39 Å². The number of rotatable bonds is 3. The minimum atomic E-state index is -0.207. The number of carbonyl (C=O) groups is 1. The Morgan fingerprint density at radius 3 is 2.71 bits per heavy atom. The molecule has 1 amide bonds. The number of piperidine rings is 1. The van der Waals surface area contributed by atoms with Crippen LogP contribution < -0.4 is 0 Å². The van der Waals surface area contributed by atoms with Crippen LogP contribution in [0.15, 0.2) is 24.3 Å². The fourth-order valence-electron chi connectivity index (χ4n) is 4.43. The molecule has 0 bridgehead atoms. The molecule has 3 atom stereocenters. The zero-order valence-corrected chi connectivity index (χ0v) is 14.0. The van der Waals surface area contributed by atoms with E-state index in [0.717, 1.165) is 64.0 Å². The molecule has 0 aliphatic carbocycles. The molecule has 3 fully saturated rings. The van der Waals surface area contributed by atoms with Gasteiger partial charge >= 0.3 is 0 Å². The number of fused-ring (bicyclic) bond motifs is 1. The number of amides is 1. The monoisotopic (exact) mass is 332 g/mol. The van der Waals surface area contributed by atoms with Crippen molar-refractivity contribution in [3.8, 4) is 0 Å². The lowest BCUT2D eigenvalue weighted by molar-refractivity contribution is -0.139. The van der Waals surface area contributed by atoms with Crippen LogP contribution in [0, 0.1) is 11.7 Å². The summed E-state index contributed by atoms with van der Waals surface area (Å²) < 4.78 is 19.1. The first-order valence-corrected chi connectivity index (χ1v) is 9.09. The maximum atomic E-state index is 13.1. The van der Waals surface area contributed by atoms with Gasteiger partial charge in [-0.2, -0.15) is 0 Å². The van der Waals surface area contributed by atoms with E-state index in [1.54, 1.807) is 0 Å². The maximum Gasteiger partial charge on any atom is 0.227 e. The average Bonchev–Trinajstić information content (AvgIpc) is 3.27. The second-order valence-electron chi connectivity index (χ2n) is 7.29. The van der Waals surface area contributed by atoms with E-state index in [-0.39, 0.29) is 17.8 Å². The Balaban J connectivity index is 1.48. The highest BCUT2D eigenvalue weighted by Crippen LogP contribution is 2.33. The highest BCUT2D eigenvalue weighted by Gasteiger charge is 2.43. The Kier molecular flexibility index (Phi) is 4.55. The third-order valence-corrected chi connectivity index (χ3v) is 5.68. The van der Waals surface area contributed by atoms with Crippen LogP contribution in [-0.2, 0) is 16.1 Å². The van der Waals surface area contributed by atoms with Crippen molar-refractivity contribution in [2.75, 3.05) is 26.2 Å². The zero-order valence-electron chi connectivity index (χ0n) is 14.0. The first-order valence-electron chi connectivity index (χ1n) is 9.09. The van der Waals surface area contributed by atoms with Crippen molar-refractivity contribution in [2.24, 2.45) is 5.92 Å². The number of hydrogen-bond acceptors (Lipinski definition) is 3. The number of likely N-dealkylation sites (tertiary alicyclic amines) is 2. The van der Waals surface area contributed by atoms with Gasteiger partial charge in [-0.3, -0.25) is 9.69 Å². The zero-order chi connectivity index (χ0) is 16.5. The molecule has 1 aromatic carbocycles. The lowest BCUT2D eigenvalue weighted by Crippen LogP contribution is -2.52. The van der Waals surface area contributed by atoms with Gasteiger partial charge in [0.15, 0.2) is 0 Å². The average molecular weight is 332 g/mol. The summed E-state index contributed by atoms with van der Waals surface area (Å²) in [5.74, 6) is 0.120. The van der Waals surface area contributed by atoms with Crippen LogP contribution in [0.3, 0.4) is 0 Å². The molecule has 0 saturated carbocycles. The first kappa shape index (κ1) is 16.0. The highest BCUT2D eigenvalue weighted by atomic mass is 19.1. The first-order chi connectivity index (χ1) is 11.7. The number of benzene rings is 1. The number of ether oxygens (including phenoxy) is 1. The van der Waals surface area contributed by atoms with Gasteiger partial charge in [0.25, 0.3) is 0 Å². The van der Waals surface area contributed by atoms with Crippen molar-refractivity contribution in [3.63, 3.8) is 0 Å². The molecule has 4 rings (SSSR count). The molecule has 5 heteroatoms. The molecular formula is C19H25FN2O2. The molecule has 3 saturated heterocycles. The number of nitrogens with zero attached hydrogens (tertiary/aromatic N) is 2. The van der Waals surface area contributed by atoms with Crippen LogP contribution in [-0.4, -0.2) is 54.1 Å². The van der Waals surface area contributed by atoms with Gasteiger partial charge in [0, 0.05) is 38.8 Å². The summed E-state index contributed by atoms with van der Waals surface area (Å²) in [6.45, 7) is 4.14. The molecule has 1 aromatic rings. The van der Waals surface area contributed by atoms with Gasteiger partial charge < -0.3 is 9.64 Å². The van der Waals surface area contributed by atoms with E-state index in [1.807, 2.05) is 17.0 Å². The SMILES string of the molecule is O=C([C@H]1C[C@H]2OCC[C@H]2N(Cc2ccc(F)cc2)C1)N1CCCC1. The van der Waals surface area contributed by atoms with E-state index in [9.17, 15) is 9.18 Å². The van der Waals surface area contributed by atoms with Crippen LogP contribution >= 0.6 is 0 Å². The smallest absolute Gasteiger partial charge is 0.227 e. The molecule has 24 heavy (non-hydrogen) atoms. The van der Waals surface area contributed by atoms with Gasteiger partial charge in [-0.15, -0.1) is 0 Å². The second-order valence-corrected chi connectivity index (χ2v) is 7.29. The summed E-state index contributed by atoms with van der Waals surface area (Å²) in [6, 6.07) is 7.08. The second kappa shape index (κ2) is 6.81. The van der Waals surface area contributed by atoms with Crippen molar-refractivity contribution in [1.29, 1.82) is 0 Å². The quantitative estimate of drug-likeness (QED) is 0.852. The van der Waals surface area contributed by atoms with E-state index in [0.29, 0.717) is 11.9 Å². The Labute approximate surface area is 142 Å². The number of hydrogen-bond donors (Lipinski definition) is 0. The van der Waals surface area contributed by atoms with Crippen LogP contribution in [0.2, 0.25) is 0 Å². The fourth-order valence-corrected chi connectivity index (χ4v) is 4.43. The topological polar surface area (TPSA) is 32.8 Å². The van der Waals surface area contributed by atoms with E-state index >= 15 is 0 Å². The molecule has 3 heterocycles. The molecule has 0 radical (unpaired) electrons. The van der Waals surface area contributed by atoms with Gasteiger partial charge in [0.1, 0.15) is 5.82 Å². The van der Waals surface area contributed by atoms with E-state index in [1.165, 1.54) is 12.1 Å². The molecule has 0 N–H and O–H groups in total. The predicted octanol–water partition coefficient (Wildman–Crippen LogP) is 2.43. The minimum absolute atomic E-state index is 0.0305. The molecule has 0 unspecified atom stereocenters. The largest absolute Gasteiger partial charge is 0.377 e. The minimum Gasteiger partial charge on any atom is -0.377 e. The summed E-state index contributed by atoms with van der Waals surface area (Å²) >= 11 is 0. The van der Waals surface area contributed by atoms with E-state index in [4.69, 9.17) is 4.74 Å². The Morgan fingerprint density at radius 1 is 1.21 bits per heavy atom. The van der Waals surface area contributed by atoms with Gasteiger partial charge in [0.05, 0.1) is 12.0 Å². The van der Waals surface area contributed by atoms with Crippen molar-refractivity contribution in [3.05, 3.63) is 35.6 Å². The van der Waals surface area contributed by atoms with E-state index < -0.39 is 0 Å². The van der Waals surface area contributed by atoms with Gasteiger partial charge in [0.2, 0.25) is 5.91 Å². The van der Waals surface area contributed by atoms with Crippen molar-refractivity contribution >= 4 is 5.91 Å². The molecule has 0 spiro atoms. The standard InChI is InChI=1S/C19H25FN2O2/c20-16-5-3-14(4-6-16)12-22-13-15(11-18-17(22)7-10-24-18)19(23)21-8-1-2-9-21/h3-6,15,17-18H,1-2,7-13H2/t15-,17+,18+/m0/s1. The van der Waals surface area contributed by atoms with Crippen molar-refractivity contribution < 1.29 is 13.9 Å². The molecule has 130 valence electrons. The fraction of sp³-hybridized carbons (Fsp3) is 0.632. The third-order valence-electron chi connectivity index (χ3n) is 5.68. The molecule has 4 nitrogen and oxygen atoms in total. The van der Waals surface area contributed by atoms with Crippen molar-refractivity contribution in [2.45, 2.75) is 44.4 Å². The molecule has 3 aliphatic rings. The summed E-state index contributed by atoms with van der Waals surface area (Å²) in [7, 11) is 0. The van der Waals surface area contributed by atoms with Crippen LogP contribution in [0.1, 0.15) is 31.2 Å².